The quantitative estimate of drug-likeness (QED) is 0.854. The molecule has 0 spiro atoms. The third-order valence-electron chi connectivity index (χ3n) is 3.29. The van der Waals surface area contributed by atoms with Gasteiger partial charge in [-0.3, -0.25) is 0 Å². The second-order valence-electron chi connectivity index (χ2n) is 4.98. The highest BCUT2D eigenvalue weighted by Crippen LogP contribution is 2.10. The fourth-order valence-electron chi connectivity index (χ4n) is 1.95. The number of benzene rings is 1. The van der Waals surface area contributed by atoms with E-state index in [2.05, 4.69) is 12.2 Å². The molecule has 1 heterocycles. The van der Waals surface area contributed by atoms with Gasteiger partial charge in [-0.15, -0.1) is 0 Å². The molecule has 0 bridgehead atoms. The maximum absolute atomic E-state index is 13.4. The Kier molecular flexibility index (Phi) is 4.74. The van der Waals surface area contributed by atoms with Crippen molar-refractivity contribution in [2.45, 2.75) is 39.3 Å². The minimum atomic E-state index is -0.137. The normalized spacial score (nSPS) is 12.6. The molecule has 0 saturated carbocycles. The molecule has 2 nitrogen and oxygen atoms in total. The van der Waals surface area contributed by atoms with Crippen LogP contribution in [0.4, 0.5) is 4.39 Å². The van der Waals surface area contributed by atoms with E-state index in [0.717, 1.165) is 24.2 Å². The smallest absolute Gasteiger partial charge is 0.126 e. The number of halogens is 1. The van der Waals surface area contributed by atoms with E-state index in [1.807, 2.05) is 24.3 Å². The Labute approximate surface area is 113 Å². The summed E-state index contributed by atoms with van der Waals surface area (Å²) in [6, 6.07) is 9.64. The van der Waals surface area contributed by atoms with E-state index in [1.54, 1.807) is 19.3 Å². The largest absolute Gasteiger partial charge is 0.469 e. The van der Waals surface area contributed by atoms with Crippen molar-refractivity contribution in [3.05, 3.63) is 59.3 Å². The molecule has 0 saturated heterocycles. The molecule has 1 N–H and O–H groups in total. The van der Waals surface area contributed by atoms with E-state index in [4.69, 9.17) is 4.42 Å². The number of rotatable bonds is 6. The Balaban J connectivity index is 1.76. The first-order valence-electron chi connectivity index (χ1n) is 6.66. The highest BCUT2D eigenvalue weighted by atomic mass is 19.1. The van der Waals surface area contributed by atoms with Gasteiger partial charge in [0.25, 0.3) is 0 Å². The maximum atomic E-state index is 13.4. The fourth-order valence-corrected chi connectivity index (χ4v) is 1.95. The van der Waals surface area contributed by atoms with Crippen LogP contribution in [0.1, 0.15) is 30.2 Å². The third-order valence-corrected chi connectivity index (χ3v) is 3.29. The van der Waals surface area contributed by atoms with Gasteiger partial charge in [-0.1, -0.05) is 12.1 Å². The van der Waals surface area contributed by atoms with Crippen molar-refractivity contribution in [3.63, 3.8) is 0 Å². The van der Waals surface area contributed by atoms with Crippen LogP contribution in [0, 0.1) is 12.7 Å². The molecular formula is C16H20FNO. The lowest BCUT2D eigenvalue weighted by molar-refractivity contribution is 0.459. The summed E-state index contributed by atoms with van der Waals surface area (Å²) in [5, 5.41) is 3.40. The standard InChI is InChI=1S/C16H20FNO/c1-12-5-7-14(10-16(12)17)11-18-13(2)6-8-15-4-3-9-19-15/h3-5,7,9-10,13,18H,6,8,11H2,1-2H3. The van der Waals surface area contributed by atoms with Gasteiger partial charge < -0.3 is 9.73 Å². The van der Waals surface area contributed by atoms with Gasteiger partial charge in [-0.2, -0.15) is 0 Å². The van der Waals surface area contributed by atoms with E-state index in [0.29, 0.717) is 18.2 Å². The van der Waals surface area contributed by atoms with Crippen LogP contribution in [0.2, 0.25) is 0 Å². The monoisotopic (exact) mass is 261 g/mol. The van der Waals surface area contributed by atoms with Crippen LogP contribution in [0.5, 0.6) is 0 Å². The van der Waals surface area contributed by atoms with E-state index >= 15 is 0 Å². The fraction of sp³-hybridized carbons (Fsp3) is 0.375. The lowest BCUT2D eigenvalue weighted by Crippen LogP contribution is -2.26. The van der Waals surface area contributed by atoms with E-state index < -0.39 is 0 Å². The minimum Gasteiger partial charge on any atom is -0.469 e. The Bertz CT molecular complexity index is 507. The maximum Gasteiger partial charge on any atom is 0.126 e. The van der Waals surface area contributed by atoms with Crippen LogP contribution in [0.3, 0.4) is 0 Å². The zero-order valence-electron chi connectivity index (χ0n) is 11.4. The van der Waals surface area contributed by atoms with Gasteiger partial charge in [0.2, 0.25) is 0 Å². The summed E-state index contributed by atoms with van der Waals surface area (Å²) >= 11 is 0. The number of hydrogen-bond acceptors (Lipinski definition) is 2. The van der Waals surface area contributed by atoms with Crippen molar-refractivity contribution < 1.29 is 8.81 Å². The first-order valence-corrected chi connectivity index (χ1v) is 6.66. The number of hydrogen-bond donors (Lipinski definition) is 1. The molecule has 0 aliphatic heterocycles. The topological polar surface area (TPSA) is 25.2 Å². The van der Waals surface area contributed by atoms with Crippen molar-refractivity contribution in [2.24, 2.45) is 0 Å². The second kappa shape index (κ2) is 6.53. The summed E-state index contributed by atoms with van der Waals surface area (Å²) in [5.41, 5.74) is 1.67. The number of aryl methyl sites for hydroxylation is 2. The van der Waals surface area contributed by atoms with Gasteiger partial charge in [0, 0.05) is 19.0 Å². The van der Waals surface area contributed by atoms with E-state index in [-0.39, 0.29) is 5.82 Å². The molecule has 0 aliphatic rings. The van der Waals surface area contributed by atoms with Gasteiger partial charge in [0.05, 0.1) is 6.26 Å². The summed E-state index contributed by atoms with van der Waals surface area (Å²) in [6.07, 6.45) is 3.62. The zero-order valence-corrected chi connectivity index (χ0v) is 11.4. The van der Waals surface area contributed by atoms with Crippen molar-refractivity contribution in [2.75, 3.05) is 0 Å². The van der Waals surface area contributed by atoms with Gasteiger partial charge in [0.1, 0.15) is 11.6 Å². The summed E-state index contributed by atoms with van der Waals surface area (Å²) in [4.78, 5) is 0. The predicted molar refractivity (Wildman–Crippen MR) is 74.5 cm³/mol. The Morgan fingerprint density at radius 3 is 2.84 bits per heavy atom. The van der Waals surface area contributed by atoms with Crippen molar-refractivity contribution in [1.29, 1.82) is 0 Å². The lowest BCUT2D eigenvalue weighted by atomic mass is 10.1. The van der Waals surface area contributed by atoms with E-state index in [1.165, 1.54) is 0 Å². The molecule has 19 heavy (non-hydrogen) atoms. The summed E-state index contributed by atoms with van der Waals surface area (Å²) in [7, 11) is 0. The van der Waals surface area contributed by atoms with Gasteiger partial charge in [-0.05, 0) is 49.6 Å². The second-order valence-corrected chi connectivity index (χ2v) is 4.98. The highest BCUT2D eigenvalue weighted by Gasteiger charge is 2.05. The van der Waals surface area contributed by atoms with Crippen LogP contribution < -0.4 is 5.32 Å². The molecule has 0 radical (unpaired) electrons. The van der Waals surface area contributed by atoms with Crippen molar-refractivity contribution in [3.8, 4) is 0 Å². The molecular weight excluding hydrogens is 241 g/mol. The van der Waals surface area contributed by atoms with Crippen LogP contribution >= 0.6 is 0 Å². The van der Waals surface area contributed by atoms with Crippen LogP contribution in [-0.4, -0.2) is 6.04 Å². The molecule has 0 fully saturated rings. The number of furan rings is 1. The predicted octanol–water partition coefficient (Wildman–Crippen LogP) is 3.84. The summed E-state index contributed by atoms with van der Waals surface area (Å²) in [5.74, 6) is 0.873. The zero-order chi connectivity index (χ0) is 13.7. The van der Waals surface area contributed by atoms with Gasteiger partial charge in [-0.25, -0.2) is 4.39 Å². The molecule has 0 amide bonds. The molecule has 1 aromatic carbocycles. The molecule has 3 heteroatoms. The molecule has 2 aromatic rings. The Hall–Kier alpha value is -1.61. The van der Waals surface area contributed by atoms with Gasteiger partial charge >= 0.3 is 0 Å². The molecule has 0 aliphatic carbocycles. The molecule has 1 atom stereocenters. The Morgan fingerprint density at radius 2 is 2.16 bits per heavy atom. The SMILES string of the molecule is Cc1ccc(CNC(C)CCc2ccco2)cc1F. The lowest BCUT2D eigenvalue weighted by Gasteiger charge is -2.13. The molecule has 2 rings (SSSR count). The van der Waals surface area contributed by atoms with Crippen molar-refractivity contribution in [1.82, 2.24) is 5.32 Å². The molecule has 1 aromatic heterocycles. The molecule has 1 unspecified atom stereocenters. The van der Waals surface area contributed by atoms with Crippen LogP contribution in [0.25, 0.3) is 0 Å². The average Bonchev–Trinajstić information content (AvgIpc) is 2.91. The minimum absolute atomic E-state index is 0.137. The third kappa shape index (κ3) is 4.21. The summed E-state index contributed by atoms with van der Waals surface area (Å²) < 4.78 is 18.7. The highest BCUT2D eigenvalue weighted by molar-refractivity contribution is 5.23. The van der Waals surface area contributed by atoms with Gasteiger partial charge in [0.15, 0.2) is 0 Å². The first-order chi connectivity index (χ1) is 9.15. The first kappa shape index (κ1) is 13.8. The van der Waals surface area contributed by atoms with Crippen LogP contribution in [-0.2, 0) is 13.0 Å². The van der Waals surface area contributed by atoms with Crippen LogP contribution in [0.15, 0.2) is 41.0 Å². The Morgan fingerprint density at radius 1 is 1.32 bits per heavy atom. The molecule has 102 valence electrons. The summed E-state index contributed by atoms with van der Waals surface area (Å²) in [6.45, 7) is 4.60. The average molecular weight is 261 g/mol. The van der Waals surface area contributed by atoms with E-state index in [9.17, 15) is 4.39 Å². The van der Waals surface area contributed by atoms with Crippen molar-refractivity contribution >= 4 is 0 Å². The number of nitrogens with one attached hydrogen (secondary N) is 1.